The molecule has 20 heavy (non-hydrogen) atoms. The summed E-state index contributed by atoms with van der Waals surface area (Å²) >= 11 is 3.07. The van der Waals surface area contributed by atoms with E-state index in [2.05, 4.69) is 21.2 Å². The Kier molecular flexibility index (Phi) is 4.49. The molecule has 0 bridgehead atoms. The van der Waals surface area contributed by atoms with E-state index in [1.165, 1.54) is 12.1 Å². The minimum Gasteiger partial charge on any atom is -0.325 e. The van der Waals surface area contributed by atoms with E-state index < -0.39 is 11.6 Å². The van der Waals surface area contributed by atoms with Crippen molar-refractivity contribution in [1.29, 1.82) is 0 Å². The van der Waals surface area contributed by atoms with Gasteiger partial charge < -0.3 is 5.32 Å². The second kappa shape index (κ2) is 6.13. The van der Waals surface area contributed by atoms with Crippen molar-refractivity contribution in [2.75, 3.05) is 5.32 Å². The first-order valence-corrected chi connectivity index (χ1v) is 6.75. The molecule has 0 saturated heterocycles. The summed E-state index contributed by atoms with van der Waals surface area (Å²) in [6.45, 7) is 1.75. The zero-order chi connectivity index (χ0) is 14.7. The van der Waals surface area contributed by atoms with E-state index in [-0.39, 0.29) is 12.3 Å². The quantitative estimate of drug-likeness (QED) is 0.891. The van der Waals surface area contributed by atoms with E-state index in [0.29, 0.717) is 15.7 Å². The molecule has 0 unspecified atom stereocenters. The Morgan fingerprint density at radius 3 is 2.60 bits per heavy atom. The van der Waals surface area contributed by atoms with Crippen LogP contribution in [-0.4, -0.2) is 5.91 Å². The Labute approximate surface area is 123 Å². The van der Waals surface area contributed by atoms with E-state index >= 15 is 0 Å². The van der Waals surface area contributed by atoms with Gasteiger partial charge in [0, 0.05) is 5.69 Å². The highest BCUT2D eigenvalue weighted by Crippen LogP contribution is 2.24. The fourth-order valence-electron chi connectivity index (χ4n) is 1.79. The highest BCUT2D eigenvalue weighted by Gasteiger charge is 2.11. The topological polar surface area (TPSA) is 29.1 Å². The standard InChI is InChI=1S/C15H12BrF2NO/c1-9-6-11(16)13(18)8-14(9)19-15(20)7-10-4-2-3-5-12(10)17/h2-6,8H,7H2,1H3,(H,19,20). The van der Waals surface area contributed by atoms with E-state index in [0.717, 1.165) is 5.56 Å². The van der Waals surface area contributed by atoms with Crippen molar-refractivity contribution in [2.24, 2.45) is 0 Å². The Morgan fingerprint density at radius 1 is 1.20 bits per heavy atom. The molecule has 0 radical (unpaired) electrons. The van der Waals surface area contributed by atoms with Crippen molar-refractivity contribution in [3.05, 3.63) is 63.6 Å². The van der Waals surface area contributed by atoms with Crippen LogP contribution in [0, 0.1) is 18.6 Å². The fourth-order valence-corrected chi connectivity index (χ4v) is 2.25. The molecule has 1 N–H and O–H groups in total. The summed E-state index contributed by atoms with van der Waals surface area (Å²) in [5.41, 5.74) is 1.41. The Hall–Kier alpha value is -1.75. The van der Waals surface area contributed by atoms with Gasteiger partial charge in [0.05, 0.1) is 10.9 Å². The Morgan fingerprint density at radius 2 is 1.90 bits per heavy atom. The number of hydrogen-bond donors (Lipinski definition) is 1. The second-order valence-electron chi connectivity index (χ2n) is 4.40. The predicted molar refractivity (Wildman–Crippen MR) is 77.6 cm³/mol. The van der Waals surface area contributed by atoms with Crippen molar-refractivity contribution in [3.8, 4) is 0 Å². The third-order valence-corrected chi connectivity index (χ3v) is 3.46. The first kappa shape index (κ1) is 14.7. The monoisotopic (exact) mass is 339 g/mol. The van der Waals surface area contributed by atoms with Gasteiger partial charge in [-0.25, -0.2) is 8.78 Å². The summed E-state index contributed by atoms with van der Waals surface area (Å²) in [7, 11) is 0. The lowest BCUT2D eigenvalue weighted by Gasteiger charge is -2.10. The first-order chi connectivity index (χ1) is 9.47. The van der Waals surface area contributed by atoms with Crippen LogP contribution in [0.1, 0.15) is 11.1 Å². The van der Waals surface area contributed by atoms with Crippen molar-refractivity contribution in [3.63, 3.8) is 0 Å². The number of nitrogens with one attached hydrogen (secondary N) is 1. The molecule has 2 aromatic carbocycles. The zero-order valence-corrected chi connectivity index (χ0v) is 12.3. The normalized spacial score (nSPS) is 10.4. The van der Waals surface area contributed by atoms with E-state index in [9.17, 15) is 13.6 Å². The average Bonchev–Trinajstić information content (AvgIpc) is 2.39. The van der Waals surface area contributed by atoms with Crippen LogP contribution in [0.25, 0.3) is 0 Å². The highest BCUT2D eigenvalue weighted by atomic mass is 79.9. The van der Waals surface area contributed by atoms with Gasteiger partial charge in [0.25, 0.3) is 0 Å². The summed E-state index contributed by atoms with van der Waals surface area (Å²) in [5, 5.41) is 2.59. The lowest BCUT2D eigenvalue weighted by Crippen LogP contribution is -2.16. The molecule has 2 rings (SSSR count). The fraction of sp³-hybridized carbons (Fsp3) is 0.133. The van der Waals surface area contributed by atoms with Crippen LogP contribution in [0.5, 0.6) is 0 Å². The molecule has 0 aliphatic heterocycles. The zero-order valence-electron chi connectivity index (χ0n) is 10.7. The molecule has 2 nitrogen and oxygen atoms in total. The van der Waals surface area contributed by atoms with Crippen molar-refractivity contribution < 1.29 is 13.6 Å². The third kappa shape index (κ3) is 3.42. The van der Waals surface area contributed by atoms with Crippen LogP contribution in [0.4, 0.5) is 14.5 Å². The number of carbonyl (C=O) groups is 1. The number of hydrogen-bond acceptors (Lipinski definition) is 1. The number of carbonyl (C=O) groups excluding carboxylic acids is 1. The van der Waals surface area contributed by atoms with Crippen LogP contribution < -0.4 is 5.32 Å². The predicted octanol–water partition coefficient (Wildman–Crippen LogP) is 4.22. The number of halogens is 3. The van der Waals surface area contributed by atoms with Crippen LogP contribution in [0.3, 0.4) is 0 Å². The van der Waals surface area contributed by atoms with Gasteiger partial charge in [-0.05, 0) is 52.2 Å². The largest absolute Gasteiger partial charge is 0.325 e. The molecule has 0 heterocycles. The molecule has 1 amide bonds. The van der Waals surface area contributed by atoms with Crippen LogP contribution >= 0.6 is 15.9 Å². The molecule has 0 aliphatic rings. The average molecular weight is 340 g/mol. The summed E-state index contributed by atoms with van der Waals surface area (Å²) in [6.07, 6.45) is -0.0935. The molecule has 0 atom stereocenters. The molecule has 104 valence electrons. The molecule has 5 heteroatoms. The Bertz CT molecular complexity index is 658. The van der Waals surface area contributed by atoms with Crippen molar-refractivity contribution >= 4 is 27.5 Å². The van der Waals surface area contributed by atoms with Crippen LogP contribution in [0.2, 0.25) is 0 Å². The van der Waals surface area contributed by atoms with Crippen LogP contribution in [0.15, 0.2) is 40.9 Å². The molecule has 0 saturated carbocycles. The maximum atomic E-state index is 13.4. The van der Waals surface area contributed by atoms with Gasteiger partial charge in [-0.3, -0.25) is 4.79 Å². The number of anilines is 1. The number of benzene rings is 2. The molecule has 0 aromatic heterocycles. The molecular weight excluding hydrogens is 328 g/mol. The van der Waals surface area contributed by atoms with Crippen molar-refractivity contribution in [2.45, 2.75) is 13.3 Å². The SMILES string of the molecule is Cc1cc(Br)c(F)cc1NC(=O)Cc1ccccc1F. The maximum absolute atomic E-state index is 13.4. The molecular formula is C15H12BrF2NO. The maximum Gasteiger partial charge on any atom is 0.228 e. The second-order valence-corrected chi connectivity index (χ2v) is 5.25. The first-order valence-electron chi connectivity index (χ1n) is 5.96. The summed E-state index contributed by atoms with van der Waals surface area (Å²) in [6, 6.07) is 8.88. The van der Waals surface area contributed by atoms with Crippen LogP contribution in [-0.2, 0) is 11.2 Å². The summed E-state index contributed by atoms with van der Waals surface area (Å²) in [5.74, 6) is -1.28. The van der Waals surface area contributed by atoms with E-state index in [1.807, 2.05) is 0 Å². The number of amides is 1. The highest BCUT2D eigenvalue weighted by molar-refractivity contribution is 9.10. The van der Waals surface area contributed by atoms with Gasteiger partial charge in [-0.1, -0.05) is 18.2 Å². The third-order valence-electron chi connectivity index (χ3n) is 2.85. The van der Waals surface area contributed by atoms with Gasteiger partial charge in [-0.15, -0.1) is 0 Å². The summed E-state index contributed by atoms with van der Waals surface area (Å²) < 4.78 is 27.2. The van der Waals surface area contributed by atoms with Gasteiger partial charge in [0.2, 0.25) is 5.91 Å². The Balaban J connectivity index is 2.13. The minimum atomic E-state index is -0.461. The molecule has 0 aliphatic carbocycles. The van der Waals surface area contributed by atoms with Gasteiger partial charge in [0.1, 0.15) is 11.6 Å². The minimum absolute atomic E-state index is 0.0935. The molecule has 0 spiro atoms. The number of aryl methyl sites for hydroxylation is 1. The summed E-state index contributed by atoms with van der Waals surface area (Å²) in [4.78, 5) is 11.9. The lowest BCUT2D eigenvalue weighted by molar-refractivity contribution is -0.115. The van der Waals surface area contributed by atoms with Gasteiger partial charge in [0.15, 0.2) is 0 Å². The van der Waals surface area contributed by atoms with Gasteiger partial charge >= 0.3 is 0 Å². The number of rotatable bonds is 3. The van der Waals surface area contributed by atoms with Gasteiger partial charge in [-0.2, -0.15) is 0 Å². The lowest BCUT2D eigenvalue weighted by atomic mass is 10.1. The molecule has 0 fully saturated rings. The smallest absolute Gasteiger partial charge is 0.228 e. The van der Waals surface area contributed by atoms with Crippen molar-refractivity contribution in [1.82, 2.24) is 0 Å². The van der Waals surface area contributed by atoms with E-state index in [1.54, 1.807) is 31.2 Å². The molecule has 2 aromatic rings. The van der Waals surface area contributed by atoms with E-state index in [4.69, 9.17) is 0 Å².